The van der Waals surface area contributed by atoms with Crippen molar-refractivity contribution in [3.8, 4) is 11.3 Å². The maximum absolute atomic E-state index is 12.7. The first kappa shape index (κ1) is 17.7. The van der Waals surface area contributed by atoms with Crippen LogP contribution >= 0.6 is 11.3 Å². The molecule has 0 spiro atoms. The third-order valence-corrected chi connectivity index (χ3v) is 5.69. The highest BCUT2D eigenvalue weighted by Gasteiger charge is 2.18. The van der Waals surface area contributed by atoms with Gasteiger partial charge in [0.15, 0.2) is 0 Å². The van der Waals surface area contributed by atoms with Crippen molar-refractivity contribution >= 4 is 21.6 Å². The molecule has 1 aromatic carbocycles. The van der Waals surface area contributed by atoms with Crippen molar-refractivity contribution in [2.24, 2.45) is 0 Å². The first-order chi connectivity index (χ1) is 13.0. The number of nitrogens with zero attached hydrogens (tertiary/aromatic N) is 1. The fourth-order valence-electron chi connectivity index (χ4n) is 3.40. The molecule has 0 aliphatic rings. The number of aromatic amines is 1. The lowest BCUT2D eigenvalue weighted by atomic mass is 10.0. The molecule has 0 radical (unpaired) electrons. The number of aryl methyl sites for hydroxylation is 1. The van der Waals surface area contributed by atoms with Gasteiger partial charge in [-0.05, 0) is 44.0 Å². The van der Waals surface area contributed by atoms with Crippen LogP contribution in [0.5, 0.6) is 0 Å². The van der Waals surface area contributed by atoms with Gasteiger partial charge in [0.2, 0.25) is 0 Å². The van der Waals surface area contributed by atoms with Gasteiger partial charge < -0.3 is 14.7 Å². The predicted molar refractivity (Wildman–Crippen MR) is 109 cm³/mol. The molecule has 0 saturated heterocycles. The van der Waals surface area contributed by atoms with E-state index in [0.29, 0.717) is 17.0 Å². The van der Waals surface area contributed by atoms with E-state index in [1.807, 2.05) is 36.6 Å². The summed E-state index contributed by atoms with van der Waals surface area (Å²) in [4.78, 5) is 21.1. The van der Waals surface area contributed by atoms with Crippen LogP contribution in [0.1, 0.15) is 42.9 Å². The molecule has 0 saturated carbocycles. The molecule has 0 amide bonds. The molecule has 3 aromatic heterocycles. The number of rotatable bonds is 5. The summed E-state index contributed by atoms with van der Waals surface area (Å²) in [6.07, 6.45) is 1.60. The minimum atomic E-state index is -0.139. The van der Waals surface area contributed by atoms with Crippen molar-refractivity contribution in [2.75, 3.05) is 0 Å². The van der Waals surface area contributed by atoms with Crippen LogP contribution < -0.4 is 10.9 Å². The SMILES string of the molecule is Cc1ccccc1[C@@H](C)N[C@H](C)c1nc2scc(-c3ccco3)c2c(=O)[nH]1. The van der Waals surface area contributed by atoms with E-state index >= 15 is 0 Å². The first-order valence-electron chi connectivity index (χ1n) is 8.91. The number of nitrogens with one attached hydrogen (secondary N) is 2. The van der Waals surface area contributed by atoms with Crippen molar-refractivity contribution in [1.29, 1.82) is 0 Å². The lowest BCUT2D eigenvalue weighted by Crippen LogP contribution is -2.26. The highest BCUT2D eigenvalue weighted by molar-refractivity contribution is 7.17. The molecule has 0 bridgehead atoms. The minimum Gasteiger partial charge on any atom is -0.464 e. The molecule has 0 aliphatic heterocycles. The number of hydrogen-bond donors (Lipinski definition) is 2. The number of H-pyrrole nitrogens is 1. The quantitative estimate of drug-likeness (QED) is 0.514. The Labute approximate surface area is 161 Å². The Morgan fingerprint density at radius 1 is 1.15 bits per heavy atom. The predicted octanol–water partition coefficient (Wildman–Crippen LogP) is 4.96. The summed E-state index contributed by atoms with van der Waals surface area (Å²) in [5.41, 5.74) is 3.13. The normalized spacial score (nSPS) is 13.7. The Hall–Kier alpha value is -2.70. The molecule has 4 aromatic rings. The van der Waals surface area contributed by atoms with Crippen molar-refractivity contribution in [3.63, 3.8) is 0 Å². The number of benzene rings is 1. The third kappa shape index (κ3) is 3.34. The van der Waals surface area contributed by atoms with Gasteiger partial charge in [-0.3, -0.25) is 4.79 Å². The average molecular weight is 379 g/mol. The van der Waals surface area contributed by atoms with Gasteiger partial charge in [-0.15, -0.1) is 11.3 Å². The van der Waals surface area contributed by atoms with Gasteiger partial charge in [0.05, 0.1) is 17.7 Å². The monoisotopic (exact) mass is 379 g/mol. The molecule has 27 heavy (non-hydrogen) atoms. The zero-order valence-corrected chi connectivity index (χ0v) is 16.3. The van der Waals surface area contributed by atoms with Gasteiger partial charge in [-0.25, -0.2) is 4.98 Å². The summed E-state index contributed by atoms with van der Waals surface area (Å²) in [6, 6.07) is 12.0. The van der Waals surface area contributed by atoms with Crippen LogP contribution in [0.4, 0.5) is 0 Å². The van der Waals surface area contributed by atoms with Crippen LogP contribution in [0.25, 0.3) is 21.5 Å². The van der Waals surface area contributed by atoms with E-state index < -0.39 is 0 Å². The van der Waals surface area contributed by atoms with Crippen LogP contribution in [0.3, 0.4) is 0 Å². The summed E-state index contributed by atoms with van der Waals surface area (Å²) in [7, 11) is 0. The number of fused-ring (bicyclic) bond motifs is 1. The van der Waals surface area contributed by atoms with E-state index in [4.69, 9.17) is 9.40 Å². The molecule has 0 unspecified atom stereocenters. The van der Waals surface area contributed by atoms with Gasteiger partial charge in [-0.1, -0.05) is 24.3 Å². The Morgan fingerprint density at radius 2 is 1.96 bits per heavy atom. The summed E-state index contributed by atoms with van der Waals surface area (Å²) in [6.45, 7) is 6.24. The number of furan rings is 1. The maximum atomic E-state index is 12.7. The zero-order chi connectivity index (χ0) is 19.0. The van der Waals surface area contributed by atoms with Crippen molar-refractivity contribution in [1.82, 2.24) is 15.3 Å². The van der Waals surface area contributed by atoms with Crippen LogP contribution in [0.2, 0.25) is 0 Å². The Morgan fingerprint density at radius 3 is 2.70 bits per heavy atom. The molecule has 2 atom stereocenters. The molecule has 6 heteroatoms. The van der Waals surface area contributed by atoms with Crippen LogP contribution in [-0.4, -0.2) is 9.97 Å². The van der Waals surface area contributed by atoms with Gasteiger partial charge in [0.25, 0.3) is 5.56 Å². The molecule has 4 rings (SSSR count). The molecular formula is C21H21N3O2S. The fourth-order valence-corrected chi connectivity index (χ4v) is 4.34. The standard InChI is InChI=1S/C21H21N3O2S/c1-12-7-4-5-8-15(12)13(2)22-14(3)19-23-20(25)18-16(11-27-21(18)24-19)17-9-6-10-26-17/h4-11,13-14,22H,1-3H3,(H,23,24,25)/t13-,14-/m1/s1. The van der Waals surface area contributed by atoms with Crippen molar-refractivity contribution in [3.05, 3.63) is 75.3 Å². The summed E-state index contributed by atoms with van der Waals surface area (Å²) in [5.74, 6) is 1.32. The molecular weight excluding hydrogens is 358 g/mol. The molecule has 2 N–H and O–H groups in total. The molecule has 138 valence electrons. The zero-order valence-electron chi connectivity index (χ0n) is 15.4. The maximum Gasteiger partial charge on any atom is 0.260 e. The second-order valence-corrected chi connectivity index (χ2v) is 7.58. The van der Waals surface area contributed by atoms with Gasteiger partial charge >= 0.3 is 0 Å². The van der Waals surface area contributed by atoms with E-state index in [1.165, 1.54) is 22.5 Å². The van der Waals surface area contributed by atoms with E-state index in [9.17, 15) is 4.79 Å². The highest BCUT2D eigenvalue weighted by atomic mass is 32.1. The van der Waals surface area contributed by atoms with Crippen LogP contribution in [0, 0.1) is 6.92 Å². The van der Waals surface area contributed by atoms with Crippen molar-refractivity contribution < 1.29 is 4.42 Å². The van der Waals surface area contributed by atoms with E-state index in [1.54, 1.807) is 6.26 Å². The summed E-state index contributed by atoms with van der Waals surface area (Å²) >= 11 is 1.46. The lowest BCUT2D eigenvalue weighted by molar-refractivity contribution is 0.475. The average Bonchev–Trinajstić information content (AvgIpc) is 3.31. The molecule has 5 nitrogen and oxygen atoms in total. The van der Waals surface area contributed by atoms with Crippen molar-refractivity contribution in [2.45, 2.75) is 32.9 Å². The first-order valence-corrected chi connectivity index (χ1v) is 9.79. The molecule has 0 aliphatic carbocycles. The largest absolute Gasteiger partial charge is 0.464 e. The number of thiophene rings is 1. The minimum absolute atomic E-state index is 0.0918. The van der Waals surface area contributed by atoms with Crippen LogP contribution in [-0.2, 0) is 0 Å². The third-order valence-electron chi connectivity index (χ3n) is 4.81. The van der Waals surface area contributed by atoms with E-state index in [2.05, 4.69) is 36.3 Å². The fraction of sp³-hybridized carbons (Fsp3) is 0.238. The van der Waals surface area contributed by atoms with Crippen LogP contribution in [0.15, 0.2) is 57.3 Å². The van der Waals surface area contributed by atoms with E-state index in [0.717, 1.165) is 10.4 Å². The second-order valence-electron chi connectivity index (χ2n) is 6.72. The van der Waals surface area contributed by atoms with Gasteiger partial charge in [-0.2, -0.15) is 0 Å². The smallest absolute Gasteiger partial charge is 0.260 e. The Balaban J connectivity index is 1.64. The summed E-state index contributed by atoms with van der Waals surface area (Å²) < 4.78 is 5.45. The van der Waals surface area contributed by atoms with E-state index in [-0.39, 0.29) is 17.6 Å². The Bertz CT molecular complexity index is 1130. The number of hydrogen-bond acceptors (Lipinski definition) is 5. The molecule has 0 fully saturated rings. The Kier molecular flexibility index (Phi) is 4.68. The number of aromatic nitrogens is 2. The lowest BCUT2D eigenvalue weighted by Gasteiger charge is -2.21. The van der Waals surface area contributed by atoms with Gasteiger partial charge in [0.1, 0.15) is 16.4 Å². The highest BCUT2D eigenvalue weighted by Crippen LogP contribution is 2.31. The summed E-state index contributed by atoms with van der Waals surface area (Å²) in [5, 5.41) is 6.03. The topological polar surface area (TPSA) is 70.9 Å². The molecule has 3 heterocycles. The van der Waals surface area contributed by atoms with Gasteiger partial charge in [0, 0.05) is 17.0 Å². The second kappa shape index (κ2) is 7.13.